The summed E-state index contributed by atoms with van der Waals surface area (Å²) in [6.07, 6.45) is 1.24. The highest BCUT2D eigenvalue weighted by atomic mass is 16.4. The van der Waals surface area contributed by atoms with Crippen LogP contribution in [0.4, 0.5) is 0 Å². The van der Waals surface area contributed by atoms with Gasteiger partial charge in [0, 0.05) is 28.7 Å². The zero-order valence-electron chi connectivity index (χ0n) is 18.3. The lowest BCUT2D eigenvalue weighted by Crippen LogP contribution is -2.57. The number of carboxylic acid groups (broad SMARTS) is 1. The fourth-order valence-corrected chi connectivity index (χ4v) is 3.77. The Morgan fingerprint density at radius 1 is 0.939 bits per heavy atom. The fraction of sp³-hybridized carbons (Fsp3) is 0.148. The average Bonchev–Trinajstić information content (AvgIpc) is 3.09. The first-order valence-electron chi connectivity index (χ1n) is 10.6. The maximum Gasteiger partial charge on any atom is 0.230 e. The van der Waals surface area contributed by atoms with Crippen molar-refractivity contribution in [3.05, 3.63) is 113 Å². The molecule has 0 aromatic heterocycles. The zero-order chi connectivity index (χ0) is 23.6. The minimum atomic E-state index is -2.44. The van der Waals surface area contributed by atoms with E-state index in [4.69, 9.17) is 5.10 Å². The highest BCUT2D eigenvalue weighted by molar-refractivity contribution is 6.14. The Kier molecular flexibility index (Phi) is 5.94. The minimum absolute atomic E-state index is 0.306. The molecule has 6 nitrogen and oxygen atoms in total. The SMILES string of the molecule is Cc1ccc(C2=CC(=O)C(O)(C(C)C(=O)[O-])N2N=C(c2ccccc2)c2ccccc2)cc1. The topological polar surface area (TPSA) is 93.0 Å². The molecule has 0 bridgehead atoms. The van der Waals surface area contributed by atoms with Crippen molar-refractivity contribution in [1.82, 2.24) is 5.01 Å². The normalized spacial score (nSPS) is 18.6. The van der Waals surface area contributed by atoms with Crippen LogP contribution in [0.1, 0.15) is 29.2 Å². The van der Waals surface area contributed by atoms with Gasteiger partial charge in [0.05, 0.1) is 17.3 Å². The van der Waals surface area contributed by atoms with Crippen molar-refractivity contribution in [2.24, 2.45) is 11.0 Å². The number of benzene rings is 3. The van der Waals surface area contributed by atoms with Crippen LogP contribution < -0.4 is 5.11 Å². The van der Waals surface area contributed by atoms with Gasteiger partial charge in [0.25, 0.3) is 0 Å². The Balaban J connectivity index is 1.95. The van der Waals surface area contributed by atoms with Crippen LogP contribution >= 0.6 is 0 Å². The van der Waals surface area contributed by atoms with Crippen LogP contribution in [-0.4, -0.2) is 33.3 Å². The number of carbonyl (C=O) groups is 2. The number of nitrogens with zero attached hydrogens (tertiary/aromatic N) is 2. The molecule has 1 aliphatic rings. The second kappa shape index (κ2) is 8.84. The van der Waals surface area contributed by atoms with Crippen LogP contribution in [0.2, 0.25) is 0 Å². The van der Waals surface area contributed by atoms with Crippen molar-refractivity contribution in [3.63, 3.8) is 0 Å². The van der Waals surface area contributed by atoms with Gasteiger partial charge >= 0.3 is 0 Å². The third-order valence-electron chi connectivity index (χ3n) is 5.78. The molecule has 0 amide bonds. The Morgan fingerprint density at radius 2 is 1.45 bits per heavy atom. The molecule has 2 atom stereocenters. The maximum atomic E-state index is 13.0. The summed E-state index contributed by atoms with van der Waals surface area (Å²) in [5, 5.41) is 29.1. The first-order valence-corrected chi connectivity index (χ1v) is 10.6. The van der Waals surface area contributed by atoms with E-state index in [1.54, 1.807) is 12.1 Å². The van der Waals surface area contributed by atoms with Gasteiger partial charge in [-0.1, -0.05) is 97.4 Å². The maximum absolute atomic E-state index is 13.0. The van der Waals surface area contributed by atoms with Crippen molar-refractivity contribution in [1.29, 1.82) is 0 Å². The Labute approximate surface area is 192 Å². The Morgan fingerprint density at radius 3 is 1.94 bits per heavy atom. The summed E-state index contributed by atoms with van der Waals surface area (Å²) < 4.78 is 0. The van der Waals surface area contributed by atoms with Crippen molar-refractivity contribution in [2.45, 2.75) is 19.6 Å². The molecule has 166 valence electrons. The van der Waals surface area contributed by atoms with Gasteiger partial charge in [-0.2, -0.15) is 5.10 Å². The smallest absolute Gasteiger partial charge is 0.230 e. The molecular weight excluding hydrogens is 416 g/mol. The molecule has 0 saturated carbocycles. The highest BCUT2D eigenvalue weighted by Crippen LogP contribution is 2.39. The van der Waals surface area contributed by atoms with E-state index in [2.05, 4.69) is 0 Å². The molecule has 4 rings (SSSR count). The number of aliphatic hydroxyl groups is 1. The molecule has 3 aromatic rings. The average molecular weight is 439 g/mol. The molecule has 6 heteroatoms. The molecule has 0 saturated heterocycles. The van der Waals surface area contributed by atoms with Crippen LogP contribution in [0.5, 0.6) is 0 Å². The van der Waals surface area contributed by atoms with Crippen LogP contribution in [0.3, 0.4) is 0 Å². The second-order valence-corrected chi connectivity index (χ2v) is 8.02. The number of carboxylic acids is 1. The molecule has 0 fully saturated rings. The van der Waals surface area contributed by atoms with Gasteiger partial charge in [-0.05, 0) is 6.92 Å². The van der Waals surface area contributed by atoms with Crippen molar-refractivity contribution in [2.75, 3.05) is 0 Å². The first kappa shape index (κ1) is 22.2. The lowest BCUT2D eigenvalue weighted by molar-refractivity contribution is -0.318. The van der Waals surface area contributed by atoms with Gasteiger partial charge in [0.2, 0.25) is 11.5 Å². The number of hydrogen-bond donors (Lipinski definition) is 1. The molecule has 33 heavy (non-hydrogen) atoms. The molecule has 1 heterocycles. The number of hydrogen-bond acceptors (Lipinski definition) is 6. The van der Waals surface area contributed by atoms with Gasteiger partial charge in [-0.25, -0.2) is 5.01 Å². The number of rotatable bonds is 6. The zero-order valence-corrected chi connectivity index (χ0v) is 18.3. The highest BCUT2D eigenvalue weighted by Gasteiger charge is 2.52. The molecule has 2 unspecified atom stereocenters. The summed E-state index contributed by atoms with van der Waals surface area (Å²) in [5.41, 5.74) is 1.48. The van der Waals surface area contributed by atoms with E-state index in [1.165, 1.54) is 13.0 Å². The van der Waals surface area contributed by atoms with Gasteiger partial charge < -0.3 is 15.0 Å². The van der Waals surface area contributed by atoms with Crippen LogP contribution in [-0.2, 0) is 9.59 Å². The number of aryl methyl sites for hydroxylation is 1. The Bertz CT molecular complexity index is 1190. The molecule has 0 aliphatic carbocycles. The second-order valence-electron chi connectivity index (χ2n) is 8.02. The molecular formula is C27H23N2O4-. The monoisotopic (exact) mass is 439 g/mol. The standard InChI is InChI=1S/C27H24N2O4/c1-18-13-15-20(16-14-18)23-17-24(30)27(33,19(2)26(31)32)29(23)28-25(21-9-5-3-6-10-21)22-11-7-4-8-12-22/h3-17,19,33H,1-2H3,(H,31,32)/p-1. The van der Waals surface area contributed by atoms with E-state index in [0.717, 1.165) is 21.7 Å². The first-order chi connectivity index (χ1) is 15.8. The summed E-state index contributed by atoms with van der Waals surface area (Å²) in [5.74, 6) is -3.86. The molecule has 0 spiro atoms. The molecule has 0 radical (unpaired) electrons. The molecule has 3 aromatic carbocycles. The third kappa shape index (κ3) is 4.08. The Hall–Kier alpha value is -4.03. The van der Waals surface area contributed by atoms with E-state index in [0.29, 0.717) is 17.0 Å². The van der Waals surface area contributed by atoms with Gasteiger partial charge in [-0.15, -0.1) is 0 Å². The summed E-state index contributed by atoms with van der Waals surface area (Å²) in [7, 11) is 0. The van der Waals surface area contributed by atoms with E-state index in [-0.39, 0.29) is 0 Å². The van der Waals surface area contributed by atoms with E-state index >= 15 is 0 Å². The number of ketones is 1. The van der Waals surface area contributed by atoms with Gasteiger partial charge in [0.1, 0.15) is 0 Å². The predicted molar refractivity (Wildman–Crippen MR) is 124 cm³/mol. The lowest BCUT2D eigenvalue weighted by Gasteiger charge is -2.37. The summed E-state index contributed by atoms with van der Waals surface area (Å²) in [4.78, 5) is 24.8. The minimum Gasteiger partial charge on any atom is -0.550 e. The summed E-state index contributed by atoms with van der Waals surface area (Å²) >= 11 is 0. The molecule has 1 aliphatic heterocycles. The summed E-state index contributed by atoms with van der Waals surface area (Å²) in [6, 6.07) is 26.0. The largest absolute Gasteiger partial charge is 0.550 e. The fourth-order valence-electron chi connectivity index (χ4n) is 3.77. The van der Waals surface area contributed by atoms with Crippen molar-refractivity contribution >= 4 is 23.2 Å². The molecule has 1 N–H and O–H groups in total. The van der Waals surface area contributed by atoms with Crippen molar-refractivity contribution < 1.29 is 19.8 Å². The number of carbonyl (C=O) groups excluding carboxylic acids is 2. The van der Waals surface area contributed by atoms with E-state index < -0.39 is 23.4 Å². The van der Waals surface area contributed by atoms with Crippen LogP contribution in [0, 0.1) is 12.8 Å². The summed E-state index contributed by atoms with van der Waals surface area (Å²) in [6.45, 7) is 3.18. The van der Waals surface area contributed by atoms with Gasteiger partial charge in [0.15, 0.2) is 0 Å². The predicted octanol–water partition coefficient (Wildman–Crippen LogP) is 2.75. The third-order valence-corrected chi connectivity index (χ3v) is 5.78. The number of aliphatic carboxylic acids is 1. The number of hydrazone groups is 1. The van der Waals surface area contributed by atoms with Crippen molar-refractivity contribution in [3.8, 4) is 0 Å². The van der Waals surface area contributed by atoms with Gasteiger partial charge in [-0.3, -0.25) is 4.79 Å². The van der Waals surface area contributed by atoms with Crippen LogP contribution in [0.15, 0.2) is 96.1 Å². The van der Waals surface area contributed by atoms with E-state index in [1.807, 2.05) is 79.7 Å². The quantitative estimate of drug-likeness (QED) is 0.596. The van der Waals surface area contributed by atoms with E-state index in [9.17, 15) is 19.8 Å². The lowest BCUT2D eigenvalue weighted by atomic mass is 9.94. The van der Waals surface area contributed by atoms with Crippen LogP contribution in [0.25, 0.3) is 5.70 Å².